The molecule has 0 heterocycles. The van der Waals surface area contributed by atoms with Crippen molar-refractivity contribution in [2.75, 3.05) is 12.8 Å². The van der Waals surface area contributed by atoms with Gasteiger partial charge in [-0.05, 0) is 52.2 Å². The molecule has 0 aromatic rings. The van der Waals surface area contributed by atoms with Gasteiger partial charge in [-0.2, -0.15) is 0 Å². The fraction of sp³-hybridized carbons (Fsp3) is 1.00. The molecule has 0 N–H and O–H groups in total. The Kier molecular flexibility index (Phi) is 7.57. The van der Waals surface area contributed by atoms with Crippen molar-refractivity contribution in [3.63, 3.8) is 0 Å². The van der Waals surface area contributed by atoms with E-state index in [9.17, 15) is 0 Å². The van der Waals surface area contributed by atoms with Crippen LogP contribution in [-0.2, 0) is 13.0 Å². The van der Waals surface area contributed by atoms with Crippen LogP contribution in [-0.4, -0.2) is 38.0 Å². The van der Waals surface area contributed by atoms with Crippen LogP contribution in [0.4, 0.5) is 0 Å². The molecule has 110 valence electrons. The van der Waals surface area contributed by atoms with Crippen LogP contribution in [0.2, 0.25) is 45.3 Å². The Labute approximate surface area is 117 Å². The van der Waals surface area contributed by atoms with Gasteiger partial charge < -0.3 is 13.0 Å². The Morgan fingerprint density at radius 2 is 1.22 bits per heavy atom. The van der Waals surface area contributed by atoms with Crippen LogP contribution >= 0.6 is 0 Å². The number of ether oxygens (including phenoxy) is 1. The van der Waals surface area contributed by atoms with Crippen molar-refractivity contribution in [3.05, 3.63) is 0 Å². The van der Waals surface area contributed by atoms with Gasteiger partial charge in [-0.25, -0.2) is 0 Å². The first-order valence-corrected chi connectivity index (χ1v) is 16.1. The van der Waals surface area contributed by atoms with Gasteiger partial charge in [0.2, 0.25) is 0 Å². The van der Waals surface area contributed by atoms with Crippen LogP contribution in [0.25, 0.3) is 0 Å². The van der Waals surface area contributed by atoms with Gasteiger partial charge in [-0.1, -0.05) is 13.3 Å². The zero-order valence-electron chi connectivity index (χ0n) is 13.6. The first kappa shape index (κ1) is 18.5. The monoisotopic (exact) mass is 308 g/mol. The van der Waals surface area contributed by atoms with Crippen LogP contribution in [0.15, 0.2) is 0 Å². The SMILES string of the molecule is CCC[Si](COCC)(O[Si](C)(C)C)O[Si](C)(C)C. The van der Waals surface area contributed by atoms with Gasteiger partial charge in [-0.15, -0.1) is 0 Å². The summed E-state index contributed by atoms with van der Waals surface area (Å²) in [4.78, 5) is 0. The molecule has 0 aliphatic heterocycles. The molecule has 0 fully saturated rings. The minimum atomic E-state index is -2.19. The zero-order chi connectivity index (χ0) is 14.4. The van der Waals surface area contributed by atoms with E-state index in [1.165, 1.54) is 0 Å². The summed E-state index contributed by atoms with van der Waals surface area (Å²) < 4.78 is 18.7. The zero-order valence-corrected chi connectivity index (χ0v) is 16.6. The summed E-state index contributed by atoms with van der Waals surface area (Å²) in [6, 6.07) is 1.04. The number of hydrogen-bond acceptors (Lipinski definition) is 3. The van der Waals surface area contributed by atoms with E-state index < -0.39 is 25.2 Å². The molecule has 0 saturated heterocycles. The fourth-order valence-corrected chi connectivity index (χ4v) is 14.2. The van der Waals surface area contributed by atoms with Gasteiger partial charge in [0, 0.05) is 6.61 Å². The second-order valence-corrected chi connectivity index (χ2v) is 19.4. The van der Waals surface area contributed by atoms with E-state index in [4.69, 9.17) is 13.0 Å². The largest absolute Gasteiger partial charge is 0.435 e. The van der Waals surface area contributed by atoms with Gasteiger partial charge in [0.15, 0.2) is 16.6 Å². The Bertz CT molecular complexity index is 218. The van der Waals surface area contributed by atoms with Crippen molar-refractivity contribution < 1.29 is 13.0 Å². The van der Waals surface area contributed by atoms with E-state index in [1.54, 1.807) is 0 Å². The molecular formula is C12H32O3Si3. The highest BCUT2D eigenvalue weighted by molar-refractivity contribution is 6.88. The number of hydrogen-bond donors (Lipinski definition) is 0. The van der Waals surface area contributed by atoms with Gasteiger partial charge in [-0.3, -0.25) is 0 Å². The maximum atomic E-state index is 6.51. The molecule has 0 unspecified atom stereocenters. The Hall–Kier alpha value is 0.531. The number of rotatable bonds is 9. The van der Waals surface area contributed by atoms with E-state index in [0.29, 0.717) is 6.23 Å². The van der Waals surface area contributed by atoms with Gasteiger partial charge in [0.1, 0.15) is 0 Å². The third kappa shape index (κ3) is 8.60. The molecule has 0 aliphatic carbocycles. The highest BCUT2D eigenvalue weighted by Gasteiger charge is 2.44. The van der Waals surface area contributed by atoms with Crippen molar-refractivity contribution in [2.45, 2.75) is 65.6 Å². The predicted molar refractivity (Wildman–Crippen MR) is 86.2 cm³/mol. The summed E-state index contributed by atoms with van der Waals surface area (Å²) in [6.45, 7) is 18.4. The molecule has 0 aliphatic rings. The molecule has 0 aromatic carbocycles. The van der Waals surface area contributed by atoms with Crippen molar-refractivity contribution in [2.24, 2.45) is 0 Å². The minimum Gasteiger partial charge on any atom is -0.435 e. The molecular weight excluding hydrogens is 276 g/mol. The molecule has 0 spiro atoms. The fourth-order valence-electron chi connectivity index (χ4n) is 2.01. The quantitative estimate of drug-likeness (QED) is 0.600. The minimum absolute atomic E-state index is 0.686. The molecule has 0 bridgehead atoms. The third-order valence-corrected chi connectivity index (χ3v) is 11.9. The summed E-state index contributed by atoms with van der Waals surface area (Å²) >= 11 is 0. The molecule has 0 saturated carbocycles. The second kappa shape index (κ2) is 7.35. The average molecular weight is 309 g/mol. The van der Waals surface area contributed by atoms with Crippen LogP contribution in [0.1, 0.15) is 20.3 Å². The highest BCUT2D eigenvalue weighted by Crippen LogP contribution is 2.25. The lowest BCUT2D eigenvalue weighted by Gasteiger charge is -2.40. The molecule has 0 amide bonds. The maximum absolute atomic E-state index is 6.51. The predicted octanol–water partition coefficient (Wildman–Crippen LogP) is 4.12. The molecule has 0 rings (SSSR count). The van der Waals surface area contributed by atoms with Crippen LogP contribution < -0.4 is 0 Å². The summed E-state index contributed by atoms with van der Waals surface area (Å²) in [7, 11) is -5.39. The first-order valence-electron chi connectivity index (χ1n) is 7.02. The molecule has 18 heavy (non-hydrogen) atoms. The summed E-state index contributed by atoms with van der Waals surface area (Å²) in [6.07, 6.45) is 1.79. The molecule has 3 nitrogen and oxygen atoms in total. The first-order chi connectivity index (χ1) is 8.04. The van der Waals surface area contributed by atoms with Gasteiger partial charge >= 0.3 is 8.56 Å². The van der Waals surface area contributed by atoms with Crippen molar-refractivity contribution in [1.29, 1.82) is 0 Å². The average Bonchev–Trinajstić information content (AvgIpc) is 2.09. The van der Waals surface area contributed by atoms with E-state index in [0.717, 1.165) is 19.1 Å². The van der Waals surface area contributed by atoms with E-state index in [1.807, 2.05) is 6.92 Å². The Morgan fingerprint density at radius 1 is 0.778 bits per heavy atom. The van der Waals surface area contributed by atoms with Crippen molar-refractivity contribution in [3.8, 4) is 0 Å². The lowest BCUT2D eigenvalue weighted by atomic mass is 10.6. The smallest absolute Gasteiger partial charge is 0.344 e. The normalized spacial score (nSPS) is 14.0. The summed E-state index contributed by atoms with van der Waals surface area (Å²) in [5.41, 5.74) is 0. The Balaban J connectivity index is 5.01. The third-order valence-electron chi connectivity index (χ3n) is 2.14. The van der Waals surface area contributed by atoms with Gasteiger partial charge in [0.25, 0.3) is 0 Å². The maximum Gasteiger partial charge on any atom is 0.344 e. The topological polar surface area (TPSA) is 27.7 Å². The summed E-state index contributed by atoms with van der Waals surface area (Å²) in [5.74, 6) is 0. The molecule has 0 radical (unpaired) electrons. The lowest BCUT2D eigenvalue weighted by molar-refractivity contribution is 0.159. The van der Waals surface area contributed by atoms with E-state index in [-0.39, 0.29) is 0 Å². The lowest BCUT2D eigenvalue weighted by Crippen LogP contribution is -2.57. The van der Waals surface area contributed by atoms with E-state index >= 15 is 0 Å². The second-order valence-electron chi connectivity index (χ2n) is 6.73. The van der Waals surface area contributed by atoms with Crippen LogP contribution in [0.3, 0.4) is 0 Å². The summed E-state index contributed by atoms with van der Waals surface area (Å²) in [5, 5.41) is 0. The Morgan fingerprint density at radius 3 is 1.50 bits per heavy atom. The molecule has 0 aromatic heterocycles. The molecule has 6 heteroatoms. The van der Waals surface area contributed by atoms with Crippen molar-refractivity contribution in [1.82, 2.24) is 0 Å². The standard InChI is InChI=1S/C12H32O3Si3/c1-9-11-18(12-13-10-2,14-16(3,4)5)15-17(6,7)8/h9-12H2,1-8H3. The van der Waals surface area contributed by atoms with Gasteiger partial charge in [0.05, 0.1) is 6.23 Å². The van der Waals surface area contributed by atoms with Crippen molar-refractivity contribution >= 4 is 25.2 Å². The molecule has 0 atom stereocenters. The van der Waals surface area contributed by atoms with E-state index in [2.05, 4.69) is 46.2 Å². The van der Waals surface area contributed by atoms with Crippen LogP contribution in [0.5, 0.6) is 0 Å². The van der Waals surface area contributed by atoms with Crippen LogP contribution in [0, 0.1) is 0 Å². The highest BCUT2D eigenvalue weighted by atomic mass is 28.5.